The van der Waals surface area contributed by atoms with Crippen molar-refractivity contribution < 1.29 is 5.11 Å². The molecule has 0 aliphatic heterocycles. The molecule has 4 aromatic carbocycles. The number of benzene rings is 4. The molecule has 0 atom stereocenters. The van der Waals surface area contributed by atoms with E-state index >= 15 is 0 Å². The highest BCUT2D eigenvalue weighted by molar-refractivity contribution is 5.77. The average molecular weight is 436 g/mol. The quantitative estimate of drug-likeness (QED) is 0.329. The molecule has 0 fully saturated rings. The smallest absolute Gasteiger partial charge is 0.122 e. The molecule has 0 saturated heterocycles. The Kier molecular flexibility index (Phi) is 6.55. The average Bonchev–Trinajstić information content (AvgIpc) is 2.81. The molecule has 0 bridgehead atoms. The van der Waals surface area contributed by atoms with E-state index in [-0.39, 0.29) is 0 Å². The normalized spacial score (nSPS) is 10.9. The molecule has 0 aliphatic carbocycles. The van der Waals surface area contributed by atoms with Crippen LogP contribution in [-0.4, -0.2) is 5.11 Å². The van der Waals surface area contributed by atoms with Crippen LogP contribution in [0, 0.1) is 27.7 Å². The van der Waals surface area contributed by atoms with Crippen LogP contribution in [-0.2, 0) is 12.8 Å². The number of hydrogen-bond donors (Lipinski definition) is 1. The van der Waals surface area contributed by atoms with Crippen LogP contribution in [0.15, 0.2) is 78.9 Å². The highest BCUT2D eigenvalue weighted by Crippen LogP contribution is 2.36. The first-order chi connectivity index (χ1) is 15.9. The van der Waals surface area contributed by atoms with Gasteiger partial charge in [-0.3, -0.25) is 0 Å². The molecule has 0 aromatic heterocycles. The Hall–Kier alpha value is -3.52. The summed E-state index contributed by atoms with van der Waals surface area (Å²) in [4.78, 5) is 2.31. The van der Waals surface area contributed by atoms with E-state index in [1.165, 1.54) is 27.8 Å². The van der Waals surface area contributed by atoms with Gasteiger partial charge in [0, 0.05) is 23.5 Å². The molecule has 0 unspecified atom stereocenters. The number of phenolic OH excluding ortho intramolecular Hbond substituents is 1. The summed E-state index contributed by atoms with van der Waals surface area (Å²) in [5.41, 5.74) is 11.6. The lowest BCUT2D eigenvalue weighted by molar-refractivity contribution is 0.465. The van der Waals surface area contributed by atoms with Crippen LogP contribution in [0.25, 0.3) is 0 Å². The van der Waals surface area contributed by atoms with Crippen LogP contribution in [0.1, 0.15) is 45.9 Å². The molecule has 0 saturated carbocycles. The summed E-state index contributed by atoms with van der Waals surface area (Å²) in [6, 6.07) is 28.3. The van der Waals surface area contributed by atoms with Crippen molar-refractivity contribution in [1.29, 1.82) is 0 Å². The zero-order valence-corrected chi connectivity index (χ0v) is 20.3. The first-order valence-corrected chi connectivity index (χ1v) is 11.7. The number of aryl methyl sites for hydroxylation is 5. The predicted molar refractivity (Wildman–Crippen MR) is 140 cm³/mol. The summed E-state index contributed by atoms with van der Waals surface area (Å²) >= 11 is 0. The molecular formula is C31H33NO. The first-order valence-electron chi connectivity index (χ1n) is 11.7. The molecule has 0 spiro atoms. The minimum Gasteiger partial charge on any atom is -0.507 e. The van der Waals surface area contributed by atoms with E-state index in [0.29, 0.717) is 12.2 Å². The maximum absolute atomic E-state index is 10.5. The number of anilines is 3. The SMILES string of the molecule is CCc1ccc(N(c2ccc(Cc3cc(C)cc(C)c3O)cc2)c2ccc(C)c(C)c2)cc1. The third-order valence-electron chi connectivity index (χ3n) is 6.46. The Labute approximate surface area is 198 Å². The van der Waals surface area contributed by atoms with Gasteiger partial charge in [0.05, 0.1) is 0 Å². The van der Waals surface area contributed by atoms with Gasteiger partial charge < -0.3 is 10.0 Å². The summed E-state index contributed by atoms with van der Waals surface area (Å²) in [5, 5.41) is 10.5. The van der Waals surface area contributed by atoms with Crippen molar-refractivity contribution in [3.05, 3.63) is 118 Å². The Morgan fingerprint density at radius 1 is 0.606 bits per heavy atom. The Morgan fingerprint density at radius 2 is 1.18 bits per heavy atom. The fourth-order valence-corrected chi connectivity index (χ4v) is 4.36. The summed E-state index contributed by atoms with van der Waals surface area (Å²) < 4.78 is 0. The van der Waals surface area contributed by atoms with Gasteiger partial charge in [0.2, 0.25) is 0 Å². The summed E-state index contributed by atoms with van der Waals surface area (Å²) in [6.45, 7) is 10.5. The van der Waals surface area contributed by atoms with E-state index in [9.17, 15) is 5.11 Å². The Morgan fingerprint density at radius 3 is 1.76 bits per heavy atom. The lowest BCUT2D eigenvalue weighted by atomic mass is 9.99. The molecule has 168 valence electrons. The standard InChI is InChI=1S/C31H33NO/c1-6-25-8-13-28(14-9-25)32(30-12-7-22(3)23(4)19-30)29-15-10-26(11-16-29)20-27-18-21(2)17-24(5)31(27)33/h7-19,33H,6,20H2,1-5H3. The van der Waals surface area contributed by atoms with Crippen molar-refractivity contribution in [2.24, 2.45) is 0 Å². The predicted octanol–water partition coefficient (Wildman–Crippen LogP) is 8.25. The van der Waals surface area contributed by atoms with Crippen LogP contribution in [0.4, 0.5) is 17.1 Å². The molecule has 0 amide bonds. The summed E-state index contributed by atoms with van der Waals surface area (Å²) in [7, 11) is 0. The first kappa shape index (κ1) is 22.7. The highest BCUT2D eigenvalue weighted by atomic mass is 16.3. The van der Waals surface area contributed by atoms with Crippen molar-refractivity contribution in [1.82, 2.24) is 0 Å². The summed E-state index contributed by atoms with van der Waals surface area (Å²) in [5.74, 6) is 0.400. The van der Waals surface area contributed by atoms with Gasteiger partial charge in [0.15, 0.2) is 0 Å². The maximum Gasteiger partial charge on any atom is 0.122 e. The third-order valence-corrected chi connectivity index (χ3v) is 6.46. The van der Waals surface area contributed by atoms with E-state index in [0.717, 1.165) is 34.6 Å². The van der Waals surface area contributed by atoms with E-state index in [1.807, 2.05) is 13.0 Å². The molecule has 33 heavy (non-hydrogen) atoms. The van der Waals surface area contributed by atoms with Gasteiger partial charge in [0.1, 0.15) is 5.75 Å². The van der Waals surface area contributed by atoms with Crippen molar-refractivity contribution in [2.45, 2.75) is 47.5 Å². The van der Waals surface area contributed by atoms with Gasteiger partial charge in [-0.25, -0.2) is 0 Å². The Bertz CT molecular complexity index is 1250. The van der Waals surface area contributed by atoms with Gasteiger partial charge in [-0.2, -0.15) is 0 Å². The lowest BCUT2D eigenvalue weighted by Gasteiger charge is -2.26. The fourth-order valence-electron chi connectivity index (χ4n) is 4.36. The topological polar surface area (TPSA) is 23.5 Å². The number of nitrogens with zero attached hydrogens (tertiary/aromatic N) is 1. The minimum atomic E-state index is 0.400. The van der Waals surface area contributed by atoms with Gasteiger partial charge in [-0.15, -0.1) is 0 Å². The molecule has 0 radical (unpaired) electrons. The monoisotopic (exact) mass is 435 g/mol. The zero-order valence-electron chi connectivity index (χ0n) is 20.3. The van der Waals surface area contributed by atoms with Crippen LogP contribution in [0.5, 0.6) is 5.75 Å². The second kappa shape index (κ2) is 9.54. The van der Waals surface area contributed by atoms with Crippen LogP contribution in [0.3, 0.4) is 0 Å². The zero-order chi connectivity index (χ0) is 23.5. The largest absolute Gasteiger partial charge is 0.507 e. The van der Waals surface area contributed by atoms with E-state index < -0.39 is 0 Å². The minimum absolute atomic E-state index is 0.400. The number of phenols is 1. The lowest BCUT2D eigenvalue weighted by Crippen LogP contribution is -2.10. The fraction of sp³-hybridized carbons (Fsp3) is 0.226. The van der Waals surface area contributed by atoms with E-state index in [1.54, 1.807) is 0 Å². The molecule has 4 aromatic rings. The van der Waals surface area contributed by atoms with Crippen LogP contribution >= 0.6 is 0 Å². The molecule has 2 nitrogen and oxygen atoms in total. The molecule has 1 N–H and O–H groups in total. The molecule has 4 rings (SSSR count). The molecular weight excluding hydrogens is 402 g/mol. The molecule has 2 heteroatoms. The third kappa shape index (κ3) is 4.96. The number of aromatic hydroxyl groups is 1. The van der Waals surface area contributed by atoms with Gasteiger partial charge >= 0.3 is 0 Å². The number of rotatable bonds is 6. The van der Waals surface area contributed by atoms with Crippen LogP contribution < -0.4 is 4.90 Å². The van der Waals surface area contributed by atoms with Gasteiger partial charge in [-0.1, -0.05) is 55.0 Å². The molecule has 0 heterocycles. The summed E-state index contributed by atoms with van der Waals surface area (Å²) in [6.07, 6.45) is 1.74. The van der Waals surface area contributed by atoms with Crippen molar-refractivity contribution >= 4 is 17.1 Å². The van der Waals surface area contributed by atoms with Crippen molar-refractivity contribution in [3.8, 4) is 5.75 Å². The van der Waals surface area contributed by atoms with Gasteiger partial charge in [-0.05, 0) is 104 Å². The van der Waals surface area contributed by atoms with Gasteiger partial charge in [0.25, 0.3) is 0 Å². The van der Waals surface area contributed by atoms with Crippen molar-refractivity contribution in [2.75, 3.05) is 4.90 Å². The molecule has 0 aliphatic rings. The van der Waals surface area contributed by atoms with E-state index in [2.05, 4.69) is 105 Å². The van der Waals surface area contributed by atoms with Crippen molar-refractivity contribution in [3.63, 3.8) is 0 Å². The second-order valence-electron chi connectivity index (χ2n) is 9.06. The van der Waals surface area contributed by atoms with Crippen LogP contribution in [0.2, 0.25) is 0 Å². The second-order valence-corrected chi connectivity index (χ2v) is 9.06. The Balaban J connectivity index is 1.70. The highest BCUT2D eigenvalue weighted by Gasteiger charge is 2.14. The van der Waals surface area contributed by atoms with E-state index in [4.69, 9.17) is 0 Å². The number of hydrogen-bond acceptors (Lipinski definition) is 2. The maximum atomic E-state index is 10.5.